The minimum absolute atomic E-state index is 0. The van der Waals surface area contributed by atoms with E-state index >= 15 is 0 Å². The number of benzene rings is 1. The van der Waals surface area contributed by atoms with Gasteiger partial charge in [0.05, 0.1) is 6.61 Å². The van der Waals surface area contributed by atoms with E-state index in [0.29, 0.717) is 13.2 Å². The molecule has 0 aliphatic heterocycles. The monoisotopic (exact) mass is 382 g/mol. The second-order valence-corrected chi connectivity index (χ2v) is 7.27. The van der Waals surface area contributed by atoms with Crippen molar-refractivity contribution in [3.05, 3.63) is 24.0 Å². The van der Waals surface area contributed by atoms with E-state index in [1.807, 2.05) is 0 Å². The molecule has 1 aromatic rings. The highest BCUT2D eigenvalue weighted by atomic mass is 35.5. The molecule has 1 aliphatic rings. The fourth-order valence-electron chi connectivity index (χ4n) is 2.78. The fourth-order valence-corrected chi connectivity index (χ4v) is 4.28. The van der Waals surface area contributed by atoms with Gasteiger partial charge >= 0.3 is 0 Å². The maximum absolute atomic E-state index is 13.5. The summed E-state index contributed by atoms with van der Waals surface area (Å²) in [6, 6.07) is 3.23. The van der Waals surface area contributed by atoms with Gasteiger partial charge in [0.15, 0.2) is 0 Å². The van der Waals surface area contributed by atoms with Crippen LogP contribution in [-0.4, -0.2) is 41.3 Å². The number of nitrogens with two attached hydrogens (primary N) is 1. The SMILES string of the molecule is COCCOc1ccc(F)cc1S(=O)(=O)NC1CCCC1CN.Cl. The zero-order valence-corrected chi connectivity index (χ0v) is 15.2. The maximum atomic E-state index is 13.5. The van der Waals surface area contributed by atoms with Crippen molar-refractivity contribution in [1.82, 2.24) is 4.72 Å². The van der Waals surface area contributed by atoms with Crippen LogP contribution in [0.5, 0.6) is 5.75 Å². The first-order chi connectivity index (χ1) is 11.0. The standard InChI is InChI=1S/C15H23FN2O4S.ClH/c1-21-7-8-22-14-6-5-12(16)9-15(14)23(19,20)18-13-4-2-3-11(13)10-17;/h5-6,9,11,13,18H,2-4,7-8,10,17H2,1H3;1H. The Morgan fingerprint density at radius 3 is 2.75 bits per heavy atom. The minimum atomic E-state index is -3.89. The van der Waals surface area contributed by atoms with Gasteiger partial charge in [-0.25, -0.2) is 17.5 Å². The van der Waals surface area contributed by atoms with Crippen LogP contribution < -0.4 is 15.2 Å². The summed E-state index contributed by atoms with van der Waals surface area (Å²) in [4.78, 5) is -0.198. The molecule has 0 amide bonds. The smallest absolute Gasteiger partial charge is 0.244 e. The maximum Gasteiger partial charge on any atom is 0.244 e. The van der Waals surface area contributed by atoms with Crippen molar-refractivity contribution in [2.75, 3.05) is 26.9 Å². The Morgan fingerprint density at radius 2 is 2.08 bits per heavy atom. The number of hydrogen-bond acceptors (Lipinski definition) is 5. The molecule has 3 N–H and O–H groups in total. The lowest BCUT2D eigenvalue weighted by molar-refractivity contribution is 0.144. The molecule has 0 radical (unpaired) electrons. The molecule has 0 heterocycles. The van der Waals surface area contributed by atoms with Crippen LogP contribution in [0.4, 0.5) is 4.39 Å². The van der Waals surface area contributed by atoms with Crippen molar-refractivity contribution in [3.8, 4) is 5.75 Å². The summed E-state index contributed by atoms with van der Waals surface area (Å²) in [5, 5.41) is 0. The van der Waals surface area contributed by atoms with E-state index in [9.17, 15) is 12.8 Å². The summed E-state index contributed by atoms with van der Waals surface area (Å²) in [6.07, 6.45) is 2.55. The Bertz CT molecular complexity index is 630. The lowest BCUT2D eigenvalue weighted by Crippen LogP contribution is -2.40. The van der Waals surface area contributed by atoms with E-state index in [1.165, 1.54) is 19.2 Å². The van der Waals surface area contributed by atoms with Gasteiger partial charge in [0, 0.05) is 13.2 Å². The zero-order valence-electron chi connectivity index (χ0n) is 13.5. The number of hydrogen-bond donors (Lipinski definition) is 2. The summed E-state index contributed by atoms with van der Waals surface area (Å²) in [6.45, 7) is 0.912. The molecule has 2 unspecified atom stereocenters. The Labute approximate surface area is 148 Å². The highest BCUT2D eigenvalue weighted by Crippen LogP contribution is 2.29. The van der Waals surface area contributed by atoms with E-state index in [-0.39, 0.29) is 41.6 Å². The summed E-state index contributed by atoms with van der Waals surface area (Å²) < 4.78 is 51.7. The van der Waals surface area contributed by atoms with Crippen molar-refractivity contribution in [2.45, 2.75) is 30.2 Å². The van der Waals surface area contributed by atoms with Crippen molar-refractivity contribution < 1.29 is 22.3 Å². The van der Waals surface area contributed by atoms with Gasteiger partial charge in [0.2, 0.25) is 10.0 Å². The summed E-state index contributed by atoms with van der Waals surface area (Å²) in [5.74, 6) is -0.416. The van der Waals surface area contributed by atoms with E-state index in [2.05, 4.69) is 4.72 Å². The van der Waals surface area contributed by atoms with Gasteiger partial charge in [-0.2, -0.15) is 0 Å². The second kappa shape index (κ2) is 9.53. The van der Waals surface area contributed by atoms with Crippen LogP contribution in [0.25, 0.3) is 0 Å². The largest absolute Gasteiger partial charge is 0.490 e. The quantitative estimate of drug-likeness (QED) is 0.667. The molecule has 2 rings (SSSR count). The van der Waals surface area contributed by atoms with Gasteiger partial charge in [0.25, 0.3) is 0 Å². The first kappa shape index (κ1) is 21.1. The van der Waals surface area contributed by atoms with E-state index in [1.54, 1.807) is 0 Å². The van der Waals surface area contributed by atoms with Crippen LogP contribution in [0.3, 0.4) is 0 Å². The second-order valence-electron chi connectivity index (χ2n) is 5.59. The molecule has 9 heteroatoms. The Hall–Kier alpha value is -0.930. The third-order valence-corrected chi connectivity index (χ3v) is 5.52. The van der Waals surface area contributed by atoms with Crippen molar-refractivity contribution >= 4 is 22.4 Å². The minimum Gasteiger partial charge on any atom is -0.490 e. The van der Waals surface area contributed by atoms with E-state index < -0.39 is 15.8 Å². The number of ether oxygens (including phenoxy) is 2. The van der Waals surface area contributed by atoms with Crippen LogP contribution in [-0.2, 0) is 14.8 Å². The van der Waals surface area contributed by atoms with Gasteiger partial charge in [0.1, 0.15) is 23.1 Å². The van der Waals surface area contributed by atoms with Crippen molar-refractivity contribution in [1.29, 1.82) is 0 Å². The molecule has 24 heavy (non-hydrogen) atoms. The Morgan fingerprint density at radius 1 is 1.33 bits per heavy atom. The predicted octanol–water partition coefficient (Wildman–Crippen LogP) is 1.68. The Kier molecular flexibility index (Phi) is 8.38. The highest BCUT2D eigenvalue weighted by Gasteiger charge is 2.31. The lowest BCUT2D eigenvalue weighted by Gasteiger charge is -2.20. The van der Waals surface area contributed by atoms with E-state index in [0.717, 1.165) is 25.3 Å². The summed E-state index contributed by atoms with van der Waals surface area (Å²) in [5.41, 5.74) is 5.68. The molecule has 0 bridgehead atoms. The van der Waals surface area contributed by atoms with Gasteiger partial charge in [-0.3, -0.25) is 0 Å². The highest BCUT2D eigenvalue weighted by molar-refractivity contribution is 7.89. The van der Waals surface area contributed by atoms with Crippen LogP contribution in [0.2, 0.25) is 0 Å². The van der Waals surface area contributed by atoms with Crippen molar-refractivity contribution in [2.24, 2.45) is 11.7 Å². The third-order valence-electron chi connectivity index (χ3n) is 4.01. The van der Waals surface area contributed by atoms with Gasteiger partial charge < -0.3 is 15.2 Å². The number of rotatable bonds is 8. The molecule has 0 spiro atoms. The third kappa shape index (κ3) is 5.29. The number of methoxy groups -OCH3 is 1. The molecule has 1 fully saturated rings. The number of sulfonamides is 1. The van der Waals surface area contributed by atoms with Crippen LogP contribution >= 0.6 is 12.4 Å². The molecule has 6 nitrogen and oxygen atoms in total. The van der Waals surface area contributed by atoms with Crippen molar-refractivity contribution in [3.63, 3.8) is 0 Å². The van der Waals surface area contributed by atoms with Gasteiger partial charge in [-0.1, -0.05) is 6.42 Å². The summed E-state index contributed by atoms with van der Waals surface area (Å²) in [7, 11) is -2.37. The topological polar surface area (TPSA) is 90.6 Å². The first-order valence-corrected chi connectivity index (χ1v) is 9.10. The normalized spacial score (nSPS) is 20.6. The molecule has 1 aromatic carbocycles. The molecular formula is C15H24ClFN2O4S. The molecule has 0 saturated heterocycles. The molecule has 1 saturated carbocycles. The number of halogens is 2. The van der Waals surface area contributed by atoms with Crippen LogP contribution in [0, 0.1) is 11.7 Å². The number of nitrogens with one attached hydrogen (secondary N) is 1. The van der Waals surface area contributed by atoms with Crippen LogP contribution in [0.1, 0.15) is 19.3 Å². The van der Waals surface area contributed by atoms with Crippen LogP contribution in [0.15, 0.2) is 23.1 Å². The van der Waals surface area contributed by atoms with Gasteiger partial charge in [-0.05, 0) is 43.5 Å². The average Bonchev–Trinajstić information content (AvgIpc) is 2.95. The summed E-state index contributed by atoms with van der Waals surface area (Å²) >= 11 is 0. The molecular weight excluding hydrogens is 359 g/mol. The Balaban J connectivity index is 0.00000288. The van der Waals surface area contributed by atoms with Gasteiger partial charge in [-0.15, -0.1) is 12.4 Å². The first-order valence-electron chi connectivity index (χ1n) is 7.61. The molecule has 1 aliphatic carbocycles. The lowest BCUT2D eigenvalue weighted by atomic mass is 10.1. The molecule has 0 aromatic heterocycles. The van der Waals surface area contributed by atoms with E-state index in [4.69, 9.17) is 15.2 Å². The predicted molar refractivity (Wildman–Crippen MR) is 91.5 cm³/mol. The zero-order chi connectivity index (χ0) is 16.9. The fraction of sp³-hybridized carbons (Fsp3) is 0.600. The molecule has 138 valence electrons. The average molecular weight is 383 g/mol. The molecule has 2 atom stereocenters.